The summed E-state index contributed by atoms with van der Waals surface area (Å²) in [7, 11) is 4.93. The van der Waals surface area contributed by atoms with E-state index in [9.17, 15) is 9.59 Å². The summed E-state index contributed by atoms with van der Waals surface area (Å²) < 4.78 is 10.6. The van der Waals surface area contributed by atoms with Crippen LogP contribution in [0, 0.1) is 11.8 Å². The van der Waals surface area contributed by atoms with Crippen molar-refractivity contribution in [2.24, 2.45) is 11.8 Å². The van der Waals surface area contributed by atoms with Gasteiger partial charge in [-0.2, -0.15) is 0 Å². The Kier molecular flexibility index (Phi) is 5.70. The molecule has 0 radical (unpaired) electrons. The lowest BCUT2D eigenvalue weighted by atomic mass is 10.1. The summed E-state index contributed by atoms with van der Waals surface area (Å²) in [5, 5.41) is 0. The van der Waals surface area contributed by atoms with Gasteiger partial charge in [-0.1, -0.05) is 13.8 Å². The number of carbonyl (C=O) groups is 2. The standard InChI is InChI=1S/C18H26N2O4/c1-12(2)10-19(3)18(22)13-8-17(21)20(11-13)15-9-14(23-4)6-7-16(15)24-5/h6-7,9,12-13H,8,10-11H2,1-5H3. The number of anilines is 1. The van der Waals surface area contributed by atoms with Crippen molar-refractivity contribution in [3.63, 3.8) is 0 Å². The molecule has 1 aromatic carbocycles. The van der Waals surface area contributed by atoms with E-state index in [4.69, 9.17) is 9.47 Å². The van der Waals surface area contributed by atoms with Crippen LogP contribution in [0.1, 0.15) is 20.3 Å². The van der Waals surface area contributed by atoms with Gasteiger partial charge in [0.2, 0.25) is 11.8 Å². The van der Waals surface area contributed by atoms with E-state index in [1.54, 1.807) is 49.3 Å². The normalized spacial score (nSPS) is 17.3. The molecule has 0 aromatic heterocycles. The van der Waals surface area contributed by atoms with Gasteiger partial charge < -0.3 is 19.3 Å². The van der Waals surface area contributed by atoms with E-state index in [0.717, 1.165) is 0 Å². The zero-order valence-electron chi connectivity index (χ0n) is 15.0. The van der Waals surface area contributed by atoms with Crippen LogP contribution in [-0.4, -0.2) is 51.1 Å². The first kappa shape index (κ1) is 18.1. The van der Waals surface area contributed by atoms with Crippen LogP contribution in [0.3, 0.4) is 0 Å². The zero-order chi connectivity index (χ0) is 17.9. The topological polar surface area (TPSA) is 59.1 Å². The van der Waals surface area contributed by atoms with E-state index in [0.29, 0.717) is 36.2 Å². The Morgan fingerprint density at radius 2 is 2.04 bits per heavy atom. The van der Waals surface area contributed by atoms with Crippen molar-refractivity contribution in [2.45, 2.75) is 20.3 Å². The molecule has 6 nitrogen and oxygen atoms in total. The third-order valence-corrected chi connectivity index (χ3v) is 4.17. The highest BCUT2D eigenvalue weighted by Crippen LogP contribution is 2.36. The number of nitrogens with zero attached hydrogens (tertiary/aromatic N) is 2. The molecule has 0 N–H and O–H groups in total. The Bertz CT molecular complexity index is 615. The van der Waals surface area contributed by atoms with Crippen molar-refractivity contribution in [1.82, 2.24) is 4.90 Å². The van der Waals surface area contributed by atoms with Gasteiger partial charge in [0.25, 0.3) is 0 Å². The van der Waals surface area contributed by atoms with Crippen LogP contribution in [0.15, 0.2) is 18.2 Å². The number of methoxy groups -OCH3 is 2. The summed E-state index contributed by atoms with van der Waals surface area (Å²) in [6.45, 7) is 5.18. The SMILES string of the molecule is COc1ccc(OC)c(N2CC(C(=O)N(C)CC(C)C)CC2=O)c1. The van der Waals surface area contributed by atoms with Crippen LogP contribution < -0.4 is 14.4 Å². The molecule has 2 amide bonds. The highest BCUT2D eigenvalue weighted by Gasteiger charge is 2.37. The van der Waals surface area contributed by atoms with Gasteiger partial charge in [-0.05, 0) is 18.1 Å². The third-order valence-electron chi connectivity index (χ3n) is 4.17. The molecular weight excluding hydrogens is 308 g/mol. The second-order valence-corrected chi connectivity index (χ2v) is 6.56. The molecule has 0 bridgehead atoms. The van der Waals surface area contributed by atoms with Gasteiger partial charge in [-0.15, -0.1) is 0 Å². The molecular formula is C18H26N2O4. The Labute approximate surface area is 143 Å². The van der Waals surface area contributed by atoms with Crippen molar-refractivity contribution in [3.8, 4) is 11.5 Å². The van der Waals surface area contributed by atoms with Gasteiger partial charge in [0.05, 0.1) is 25.8 Å². The van der Waals surface area contributed by atoms with Crippen LogP contribution in [0.4, 0.5) is 5.69 Å². The number of benzene rings is 1. The average molecular weight is 334 g/mol. The predicted octanol–water partition coefficient (Wildman–Crippen LogP) is 2.17. The molecule has 132 valence electrons. The number of hydrogen-bond donors (Lipinski definition) is 0. The van der Waals surface area contributed by atoms with Crippen LogP contribution in [0.5, 0.6) is 11.5 Å². The molecule has 1 atom stereocenters. The fourth-order valence-electron chi connectivity index (χ4n) is 3.06. The number of carbonyl (C=O) groups excluding carboxylic acids is 2. The molecule has 0 spiro atoms. The molecule has 1 aromatic rings. The monoisotopic (exact) mass is 334 g/mol. The summed E-state index contributed by atoms with van der Waals surface area (Å²) in [5.74, 6) is 1.25. The minimum Gasteiger partial charge on any atom is -0.497 e. The number of ether oxygens (including phenoxy) is 2. The third kappa shape index (κ3) is 3.80. The maximum absolute atomic E-state index is 12.6. The fourth-order valence-corrected chi connectivity index (χ4v) is 3.06. The quantitative estimate of drug-likeness (QED) is 0.800. The first-order chi connectivity index (χ1) is 11.4. The van der Waals surface area contributed by atoms with Crippen molar-refractivity contribution < 1.29 is 19.1 Å². The summed E-state index contributed by atoms with van der Waals surface area (Å²) >= 11 is 0. The number of amides is 2. The molecule has 1 aliphatic heterocycles. The zero-order valence-corrected chi connectivity index (χ0v) is 15.0. The number of rotatable bonds is 6. The average Bonchev–Trinajstić information content (AvgIpc) is 2.94. The summed E-state index contributed by atoms with van der Waals surface area (Å²) in [6.07, 6.45) is 0.224. The summed E-state index contributed by atoms with van der Waals surface area (Å²) in [6, 6.07) is 5.31. The largest absolute Gasteiger partial charge is 0.497 e. The maximum atomic E-state index is 12.6. The lowest BCUT2D eigenvalue weighted by molar-refractivity contribution is -0.135. The van der Waals surface area contributed by atoms with E-state index in [1.807, 2.05) is 0 Å². The highest BCUT2D eigenvalue weighted by atomic mass is 16.5. The van der Waals surface area contributed by atoms with Gasteiger partial charge in [-0.25, -0.2) is 0 Å². The Morgan fingerprint density at radius 1 is 1.33 bits per heavy atom. The summed E-state index contributed by atoms with van der Waals surface area (Å²) in [5.41, 5.74) is 0.642. The van der Waals surface area contributed by atoms with E-state index in [1.165, 1.54) is 0 Å². The van der Waals surface area contributed by atoms with Crippen molar-refractivity contribution >= 4 is 17.5 Å². The van der Waals surface area contributed by atoms with Gasteiger partial charge in [-0.3, -0.25) is 9.59 Å². The van der Waals surface area contributed by atoms with E-state index < -0.39 is 0 Å². The second kappa shape index (κ2) is 7.55. The molecule has 1 fully saturated rings. The molecule has 1 aliphatic rings. The van der Waals surface area contributed by atoms with Gasteiger partial charge in [0, 0.05) is 32.6 Å². The lowest BCUT2D eigenvalue weighted by Crippen LogP contribution is -2.36. The first-order valence-electron chi connectivity index (χ1n) is 8.14. The maximum Gasteiger partial charge on any atom is 0.227 e. The highest BCUT2D eigenvalue weighted by molar-refractivity contribution is 6.01. The molecule has 0 aliphatic carbocycles. The van der Waals surface area contributed by atoms with Gasteiger partial charge in [0.1, 0.15) is 11.5 Å². The lowest BCUT2D eigenvalue weighted by Gasteiger charge is -2.23. The first-order valence-corrected chi connectivity index (χ1v) is 8.14. The summed E-state index contributed by atoms with van der Waals surface area (Å²) in [4.78, 5) is 28.4. The fraction of sp³-hybridized carbons (Fsp3) is 0.556. The van der Waals surface area contributed by atoms with Gasteiger partial charge in [0.15, 0.2) is 0 Å². The molecule has 6 heteroatoms. The van der Waals surface area contributed by atoms with E-state index >= 15 is 0 Å². The molecule has 1 heterocycles. The molecule has 24 heavy (non-hydrogen) atoms. The smallest absolute Gasteiger partial charge is 0.227 e. The van der Waals surface area contributed by atoms with Crippen molar-refractivity contribution in [3.05, 3.63) is 18.2 Å². The second-order valence-electron chi connectivity index (χ2n) is 6.56. The van der Waals surface area contributed by atoms with E-state index in [2.05, 4.69) is 13.8 Å². The minimum atomic E-state index is -0.322. The van der Waals surface area contributed by atoms with Crippen molar-refractivity contribution in [1.29, 1.82) is 0 Å². The predicted molar refractivity (Wildman–Crippen MR) is 92.5 cm³/mol. The van der Waals surface area contributed by atoms with Crippen LogP contribution in [0.25, 0.3) is 0 Å². The Morgan fingerprint density at radius 3 is 2.62 bits per heavy atom. The minimum absolute atomic E-state index is 0.0152. The number of hydrogen-bond acceptors (Lipinski definition) is 4. The van der Waals surface area contributed by atoms with Crippen LogP contribution in [0.2, 0.25) is 0 Å². The molecule has 2 rings (SSSR count). The van der Waals surface area contributed by atoms with E-state index in [-0.39, 0.29) is 24.2 Å². The van der Waals surface area contributed by atoms with Crippen molar-refractivity contribution in [2.75, 3.05) is 39.3 Å². The van der Waals surface area contributed by atoms with Gasteiger partial charge >= 0.3 is 0 Å². The Balaban J connectivity index is 2.19. The molecule has 1 saturated heterocycles. The molecule has 1 unspecified atom stereocenters. The van der Waals surface area contributed by atoms with Crippen LogP contribution >= 0.6 is 0 Å². The Hall–Kier alpha value is -2.24. The molecule has 0 saturated carbocycles. The van der Waals surface area contributed by atoms with Crippen LogP contribution in [-0.2, 0) is 9.59 Å².